The number of rotatable bonds is 3. The Morgan fingerprint density at radius 3 is 2.83 bits per heavy atom. The van der Waals surface area contributed by atoms with Crippen molar-refractivity contribution in [2.45, 2.75) is 26.3 Å². The van der Waals surface area contributed by atoms with E-state index in [9.17, 15) is 4.79 Å². The van der Waals surface area contributed by atoms with Gasteiger partial charge in [0.05, 0.1) is 23.8 Å². The molecule has 122 valence electrons. The van der Waals surface area contributed by atoms with Crippen molar-refractivity contribution in [1.29, 1.82) is 0 Å². The number of hydrogen-bond acceptors (Lipinski definition) is 4. The fourth-order valence-electron chi connectivity index (χ4n) is 3.88. The van der Waals surface area contributed by atoms with Crippen LogP contribution in [0.3, 0.4) is 0 Å². The van der Waals surface area contributed by atoms with Crippen molar-refractivity contribution in [2.24, 2.45) is 12.5 Å². The molecule has 2 saturated heterocycles. The molecule has 0 bridgehead atoms. The molecular formula is C17H22N4O2. The van der Waals surface area contributed by atoms with Crippen LogP contribution in [-0.4, -0.2) is 40.2 Å². The van der Waals surface area contributed by atoms with Crippen molar-refractivity contribution in [3.8, 4) is 0 Å². The molecule has 1 atom stereocenters. The molecule has 0 radical (unpaired) electrons. The summed E-state index contributed by atoms with van der Waals surface area (Å²) in [5, 5.41) is 4.18. The number of furan rings is 1. The highest BCUT2D eigenvalue weighted by Crippen LogP contribution is 2.42. The Bertz CT molecular complexity index is 735. The van der Waals surface area contributed by atoms with Crippen molar-refractivity contribution in [3.05, 3.63) is 36.0 Å². The summed E-state index contributed by atoms with van der Waals surface area (Å²) in [6.45, 7) is 5.31. The second-order valence-electron chi connectivity index (χ2n) is 6.83. The number of anilines is 1. The van der Waals surface area contributed by atoms with Crippen LogP contribution in [0.15, 0.2) is 28.9 Å². The van der Waals surface area contributed by atoms with E-state index in [2.05, 4.69) is 10.00 Å². The van der Waals surface area contributed by atoms with Crippen LogP contribution in [0.2, 0.25) is 0 Å². The molecule has 0 saturated carbocycles. The Balaban J connectivity index is 1.46. The third-order valence-corrected chi connectivity index (χ3v) is 5.12. The van der Waals surface area contributed by atoms with E-state index in [1.807, 2.05) is 37.2 Å². The van der Waals surface area contributed by atoms with Gasteiger partial charge in [-0.1, -0.05) is 0 Å². The molecule has 2 aliphatic rings. The minimum Gasteiger partial charge on any atom is -0.465 e. The predicted octanol–water partition coefficient (Wildman–Crippen LogP) is 1.95. The number of carbonyl (C=O) groups is 1. The zero-order chi connectivity index (χ0) is 16.0. The highest BCUT2D eigenvalue weighted by molar-refractivity contribution is 6.00. The number of carbonyl (C=O) groups excluding carboxylic acids is 1. The summed E-state index contributed by atoms with van der Waals surface area (Å²) in [5.41, 5.74) is 0.687. The standard InChI is InChI=1S/C17H22N4O2/c1-13-3-4-15(23-13)11-20-7-5-17(12-20)6-8-21(16(17)22)14-9-18-19(2)10-14/h3-4,9-10H,5-8,11-12H2,1-2H3/t17-/m0/s1. The molecule has 1 spiro atoms. The zero-order valence-electron chi connectivity index (χ0n) is 13.7. The van der Waals surface area contributed by atoms with Crippen molar-refractivity contribution in [2.75, 3.05) is 24.5 Å². The van der Waals surface area contributed by atoms with E-state index in [0.29, 0.717) is 0 Å². The van der Waals surface area contributed by atoms with Gasteiger partial charge in [0.25, 0.3) is 0 Å². The van der Waals surface area contributed by atoms with Gasteiger partial charge in [0.15, 0.2) is 0 Å². The largest absolute Gasteiger partial charge is 0.465 e. The molecule has 2 fully saturated rings. The summed E-state index contributed by atoms with van der Waals surface area (Å²) in [6, 6.07) is 4.02. The second-order valence-corrected chi connectivity index (χ2v) is 6.83. The van der Waals surface area contributed by atoms with E-state index in [0.717, 1.165) is 56.2 Å². The average Bonchev–Trinajstić information content (AvgIpc) is 3.26. The second kappa shape index (κ2) is 5.23. The summed E-state index contributed by atoms with van der Waals surface area (Å²) in [6.07, 6.45) is 5.54. The molecule has 2 aliphatic heterocycles. The van der Waals surface area contributed by atoms with Crippen LogP contribution in [0.4, 0.5) is 5.69 Å². The molecule has 2 aromatic heterocycles. The maximum absolute atomic E-state index is 13.0. The van der Waals surface area contributed by atoms with Crippen LogP contribution in [0.1, 0.15) is 24.4 Å². The number of nitrogens with zero attached hydrogens (tertiary/aromatic N) is 4. The zero-order valence-corrected chi connectivity index (χ0v) is 13.7. The first-order chi connectivity index (χ1) is 11.1. The average molecular weight is 314 g/mol. The van der Waals surface area contributed by atoms with Crippen LogP contribution < -0.4 is 4.90 Å². The lowest BCUT2D eigenvalue weighted by Gasteiger charge is -2.22. The van der Waals surface area contributed by atoms with E-state index in [1.165, 1.54) is 0 Å². The summed E-state index contributed by atoms with van der Waals surface area (Å²) in [5.74, 6) is 2.17. The van der Waals surface area contributed by atoms with E-state index in [4.69, 9.17) is 4.42 Å². The Labute approximate surface area is 135 Å². The molecule has 0 aliphatic carbocycles. The number of aromatic nitrogens is 2. The molecular weight excluding hydrogens is 292 g/mol. The SMILES string of the molecule is Cc1ccc(CN2CC[C@]3(CCN(c4cnn(C)c4)C3=O)C2)o1. The van der Waals surface area contributed by atoms with E-state index in [-0.39, 0.29) is 11.3 Å². The maximum atomic E-state index is 13.0. The molecule has 0 unspecified atom stereocenters. The molecule has 4 heterocycles. The third-order valence-electron chi connectivity index (χ3n) is 5.12. The highest BCUT2D eigenvalue weighted by atomic mass is 16.3. The highest BCUT2D eigenvalue weighted by Gasteiger charge is 2.51. The molecule has 0 N–H and O–H groups in total. The van der Waals surface area contributed by atoms with Crippen LogP contribution in [-0.2, 0) is 18.4 Å². The molecule has 0 aromatic carbocycles. The maximum Gasteiger partial charge on any atom is 0.234 e. The quantitative estimate of drug-likeness (QED) is 0.869. The Morgan fingerprint density at radius 2 is 2.13 bits per heavy atom. The van der Waals surface area contributed by atoms with Crippen molar-refractivity contribution in [1.82, 2.24) is 14.7 Å². The lowest BCUT2D eigenvalue weighted by molar-refractivity contribution is -0.125. The van der Waals surface area contributed by atoms with Gasteiger partial charge in [0, 0.05) is 26.3 Å². The minimum atomic E-state index is -0.225. The molecule has 23 heavy (non-hydrogen) atoms. The lowest BCUT2D eigenvalue weighted by Crippen LogP contribution is -2.36. The van der Waals surface area contributed by atoms with Gasteiger partial charge in [0.2, 0.25) is 5.91 Å². The van der Waals surface area contributed by atoms with Gasteiger partial charge in [-0.2, -0.15) is 5.10 Å². The summed E-state index contributed by atoms with van der Waals surface area (Å²) >= 11 is 0. The topological polar surface area (TPSA) is 54.5 Å². The van der Waals surface area contributed by atoms with Gasteiger partial charge < -0.3 is 9.32 Å². The minimum absolute atomic E-state index is 0.225. The lowest BCUT2D eigenvalue weighted by atomic mass is 9.85. The third kappa shape index (κ3) is 2.47. The first-order valence-electron chi connectivity index (χ1n) is 8.14. The van der Waals surface area contributed by atoms with E-state index in [1.54, 1.807) is 10.9 Å². The van der Waals surface area contributed by atoms with E-state index < -0.39 is 0 Å². The van der Waals surface area contributed by atoms with Crippen molar-refractivity contribution >= 4 is 11.6 Å². The number of hydrogen-bond donors (Lipinski definition) is 0. The smallest absolute Gasteiger partial charge is 0.234 e. The van der Waals surface area contributed by atoms with Crippen molar-refractivity contribution in [3.63, 3.8) is 0 Å². The van der Waals surface area contributed by atoms with Gasteiger partial charge in [-0.25, -0.2) is 0 Å². The predicted molar refractivity (Wildman–Crippen MR) is 86.0 cm³/mol. The number of likely N-dealkylation sites (tertiary alicyclic amines) is 1. The van der Waals surface area contributed by atoms with Crippen LogP contribution >= 0.6 is 0 Å². The summed E-state index contributed by atoms with van der Waals surface area (Å²) in [4.78, 5) is 17.2. The first-order valence-corrected chi connectivity index (χ1v) is 8.14. The molecule has 4 rings (SSSR count). The van der Waals surface area contributed by atoms with E-state index >= 15 is 0 Å². The van der Waals surface area contributed by atoms with Gasteiger partial charge in [-0.05, 0) is 38.4 Å². The van der Waals surface area contributed by atoms with Crippen LogP contribution in [0.5, 0.6) is 0 Å². The van der Waals surface area contributed by atoms with Gasteiger partial charge >= 0.3 is 0 Å². The molecule has 2 aromatic rings. The van der Waals surface area contributed by atoms with Gasteiger partial charge in [0.1, 0.15) is 11.5 Å². The number of aryl methyl sites for hydroxylation is 2. The molecule has 1 amide bonds. The molecule has 6 nitrogen and oxygen atoms in total. The summed E-state index contributed by atoms with van der Waals surface area (Å²) in [7, 11) is 1.88. The Kier molecular flexibility index (Phi) is 3.30. The van der Waals surface area contributed by atoms with Gasteiger partial charge in [-0.15, -0.1) is 0 Å². The van der Waals surface area contributed by atoms with Crippen molar-refractivity contribution < 1.29 is 9.21 Å². The Morgan fingerprint density at radius 1 is 1.30 bits per heavy atom. The Hall–Kier alpha value is -2.08. The van der Waals surface area contributed by atoms with Crippen LogP contribution in [0, 0.1) is 12.3 Å². The molecule has 6 heteroatoms. The summed E-state index contributed by atoms with van der Waals surface area (Å²) < 4.78 is 7.41. The fraction of sp³-hybridized carbons (Fsp3) is 0.529. The first kappa shape index (κ1) is 14.5. The number of amides is 1. The van der Waals surface area contributed by atoms with Crippen LogP contribution in [0.25, 0.3) is 0 Å². The monoisotopic (exact) mass is 314 g/mol. The normalized spacial score (nSPS) is 25.1. The van der Waals surface area contributed by atoms with Gasteiger partial charge in [-0.3, -0.25) is 14.4 Å². The fourth-order valence-corrected chi connectivity index (χ4v) is 3.88.